The Labute approximate surface area is 135 Å². The molecule has 1 aliphatic rings. The van der Waals surface area contributed by atoms with Crippen LogP contribution in [0.25, 0.3) is 0 Å². The summed E-state index contributed by atoms with van der Waals surface area (Å²) in [6.07, 6.45) is 5.25. The molecule has 1 N–H and O–H groups in total. The maximum Gasteiger partial charge on any atom is 0.250 e. The van der Waals surface area contributed by atoms with E-state index in [-0.39, 0.29) is 6.54 Å². The molecule has 0 aromatic carbocycles. The lowest BCUT2D eigenvalue weighted by atomic mass is 10.0. The molecule has 0 saturated carbocycles. The standard InChI is InChI=1S/C15H21N3O2S2/c1-3-11-8-9-15(21-11)22(19,20)16-10-14-17-12-6-4-5-7-13(12)18(14)2/h8-9,16H,3-7,10H2,1-2H3. The molecule has 0 aliphatic heterocycles. The summed E-state index contributed by atoms with van der Waals surface area (Å²) in [4.78, 5) is 5.68. The molecule has 22 heavy (non-hydrogen) atoms. The fourth-order valence-electron chi connectivity index (χ4n) is 2.82. The van der Waals surface area contributed by atoms with Gasteiger partial charge in [-0.05, 0) is 44.2 Å². The second-order valence-electron chi connectivity index (χ2n) is 5.59. The first-order valence-corrected chi connectivity index (χ1v) is 9.93. The van der Waals surface area contributed by atoms with E-state index in [4.69, 9.17) is 0 Å². The Kier molecular flexibility index (Phi) is 4.38. The van der Waals surface area contributed by atoms with Gasteiger partial charge in [0.15, 0.2) is 0 Å². The first kappa shape index (κ1) is 15.7. The van der Waals surface area contributed by atoms with Gasteiger partial charge in [0.05, 0.1) is 12.2 Å². The van der Waals surface area contributed by atoms with E-state index in [1.54, 1.807) is 6.07 Å². The molecule has 3 rings (SSSR count). The highest BCUT2D eigenvalue weighted by atomic mass is 32.2. The zero-order chi connectivity index (χ0) is 15.7. The van der Waals surface area contributed by atoms with Crippen molar-refractivity contribution < 1.29 is 8.42 Å². The van der Waals surface area contributed by atoms with Crippen molar-refractivity contribution in [1.29, 1.82) is 0 Å². The Morgan fingerprint density at radius 2 is 2.09 bits per heavy atom. The number of hydrogen-bond acceptors (Lipinski definition) is 4. The molecule has 2 aromatic rings. The number of thiophene rings is 1. The molecule has 2 heterocycles. The lowest BCUT2D eigenvalue weighted by molar-refractivity contribution is 0.578. The minimum absolute atomic E-state index is 0.241. The summed E-state index contributed by atoms with van der Waals surface area (Å²) in [5.74, 6) is 0.794. The van der Waals surface area contributed by atoms with E-state index in [1.807, 2.05) is 24.6 Å². The van der Waals surface area contributed by atoms with Crippen molar-refractivity contribution in [2.24, 2.45) is 7.05 Å². The topological polar surface area (TPSA) is 64.0 Å². The second-order valence-corrected chi connectivity index (χ2v) is 8.75. The summed E-state index contributed by atoms with van der Waals surface area (Å²) in [5, 5.41) is 0. The summed E-state index contributed by atoms with van der Waals surface area (Å²) in [6, 6.07) is 3.55. The fraction of sp³-hybridized carbons (Fsp3) is 0.533. The number of nitrogens with zero attached hydrogens (tertiary/aromatic N) is 2. The predicted molar refractivity (Wildman–Crippen MR) is 87.6 cm³/mol. The first-order chi connectivity index (χ1) is 10.5. The Morgan fingerprint density at radius 1 is 1.32 bits per heavy atom. The Morgan fingerprint density at radius 3 is 2.77 bits per heavy atom. The molecule has 2 aromatic heterocycles. The Hall–Kier alpha value is -1.18. The largest absolute Gasteiger partial charge is 0.334 e. The lowest BCUT2D eigenvalue weighted by Gasteiger charge is -2.11. The zero-order valence-electron chi connectivity index (χ0n) is 12.9. The second kappa shape index (κ2) is 6.14. The SMILES string of the molecule is CCc1ccc(S(=O)(=O)NCc2nc3c(n2C)CCCC3)s1. The highest BCUT2D eigenvalue weighted by Crippen LogP contribution is 2.23. The number of sulfonamides is 1. The van der Waals surface area contributed by atoms with Gasteiger partial charge in [0.2, 0.25) is 10.0 Å². The molecule has 0 unspecified atom stereocenters. The average Bonchev–Trinajstić information content (AvgIpc) is 3.11. The molecule has 5 nitrogen and oxygen atoms in total. The molecule has 120 valence electrons. The highest BCUT2D eigenvalue weighted by Gasteiger charge is 2.21. The first-order valence-electron chi connectivity index (χ1n) is 7.63. The quantitative estimate of drug-likeness (QED) is 0.910. The van der Waals surface area contributed by atoms with Crippen molar-refractivity contribution in [3.05, 3.63) is 34.2 Å². The van der Waals surface area contributed by atoms with Gasteiger partial charge in [-0.2, -0.15) is 0 Å². The summed E-state index contributed by atoms with van der Waals surface area (Å²) in [7, 11) is -1.48. The smallest absolute Gasteiger partial charge is 0.250 e. The zero-order valence-corrected chi connectivity index (χ0v) is 14.6. The van der Waals surface area contributed by atoms with Gasteiger partial charge in [0.25, 0.3) is 0 Å². The third-order valence-electron chi connectivity index (χ3n) is 4.14. The van der Waals surface area contributed by atoms with Gasteiger partial charge in [-0.1, -0.05) is 6.92 Å². The van der Waals surface area contributed by atoms with Crippen LogP contribution in [-0.2, 0) is 42.9 Å². The number of nitrogens with one attached hydrogen (secondary N) is 1. The normalized spacial score (nSPS) is 15.0. The predicted octanol–water partition coefficient (Wildman–Crippen LogP) is 2.40. The van der Waals surface area contributed by atoms with Crippen LogP contribution in [0.2, 0.25) is 0 Å². The molecule has 0 saturated heterocycles. The Balaban J connectivity index is 1.75. The average molecular weight is 339 g/mol. The number of rotatable bonds is 5. The molecule has 0 radical (unpaired) electrons. The molecule has 0 atom stereocenters. The maximum absolute atomic E-state index is 12.4. The van der Waals surface area contributed by atoms with Gasteiger partial charge in [-0.3, -0.25) is 0 Å². The van der Waals surface area contributed by atoms with Gasteiger partial charge in [-0.25, -0.2) is 18.1 Å². The third kappa shape index (κ3) is 2.98. The molecule has 1 aliphatic carbocycles. The molecular formula is C15H21N3O2S2. The van der Waals surface area contributed by atoms with E-state index >= 15 is 0 Å². The third-order valence-corrected chi connectivity index (χ3v) is 7.26. The number of aromatic nitrogens is 2. The van der Waals surface area contributed by atoms with Gasteiger partial charge in [0.1, 0.15) is 10.0 Å². The summed E-state index contributed by atoms with van der Waals surface area (Å²) in [6.45, 7) is 2.26. The van der Waals surface area contributed by atoms with E-state index in [0.29, 0.717) is 4.21 Å². The van der Waals surface area contributed by atoms with Gasteiger partial charge >= 0.3 is 0 Å². The molecule has 0 spiro atoms. The van der Waals surface area contributed by atoms with Gasteiger partial charge in [-0.15, -0.1) is 11.3 Å². The minimum Gasteiger partial charge on any atom is -0.334 e. The van der Waals surface area contributed by atoms with Crippen LogP contribution in [0.5, 0.6) is 0 Å². The van der Waals surface area contributed by atoms with Crippen LogP contribution < -0.4 is 4.72 Å². The van der Waals surface area contributed by atoms with Crippen LogP contribution >= 0.6 is 11.3 Å². The number of imidazole rings is 1. The van der Waals surface area contributed by atoms with Crippen molar-refractivity contribution in [3.8, 4) is 0 Å². The van der Waals surface area contributed by atoms with Crippen molar-refractivity contribution in [2.75, 3.05) is 0 Å². The minimum atomic E-state index is -3.45. The van der Waals surface area contributed by atoms with Crippen LogP contribution in [0.15, 0.2) is 16.3 Å². The van der Waals surface area contributed by atoms with Gasteiger partial charge < -0.3 is 4.57 Å². The van der Waals surface area contributed by atoms with Crippen molar-refractivity contribution in [3.63, 3.8) is 0 Å². The van der Waals surface area contributed by atoms with Crippen LogP contribution in [0.1, 0.15) is 41.9 Å². The number of hydrogen-bond donors (Lipinski definition) is 1. The van der Waals surface area contributed by atoms with Crippen LogP contribution in [0.4, 0.5) is 0 Å². The molecule has 0 amide bonds. The maximum atomic E-state index is 12.4. The van der Waals surface area contributed by atoms with E-state index in [9.17, 15) is 8.42 Å². The monoisotopic (exact) mass is 339 g/mol. The van der Waals surface area contributed by atoms with E-state index in [0.717, 1.165) is 35.7 Å². The summed E-state index contributed by atoms with van der Waals surface area (Å²) >= 11 is 1.33. The molecule has 0 fully saturated rings. The molecule has 7 heteroatoms. The highest BCUT2D eigenvalue weighted by molar-refractivity contribution is 7.91. The molecular weight excluding hydrogens is 318 g/mol. The lowest BCUT2D eigenvalue weighted by Crippen LogP contribution is -2.24. The number of fused-ring (bicyclic) bond motifs is 1. The summed E-state index contributed by atoms with van der Waals surface area (Å²) in [5.41, 5.74) is 2.39. The van der Waals surface area contributed by atoms with Crippen molar-refractivity contribution in [2.45, 2.75) is 49.8 Å². The summed E-state index contributed by atoms with van der Waals surface area (Å²) < 4.78 is 29.8. The van der Waals surface area contributed by atoms with E-state index < -0.39 is 10.0 Å². The van der Waals surface area contributed by atoms with Crippen molar-refractivity contribution >= 4 is 21.4 Å². The van der Waals surface area contributed by atoms with Gasteiger partial charge in [0, 0.05) is 17.6 Å². The van der Waals surface area contributed by atoms with Crippen LogP contribution in [-0.4, -0.2) is 18.0 Å². The van der Waals surface area contributed by atoms with Crippen molar-refractivity contribution in [1.82, 2.24) is 14.3 Å². The van der Waals surface area contributed by atoms with Crippen LogP contribution in [0.3, 0.4) is 0 Å². The fourth-order valence-corrected chi connectivity index (χ4v) is 5.14. The van der Waals surface area contributed by atoms with E-state index in [1.165, 1.54) is 29.9 Å². The molecule has 0 bridgehead atoms. The van der Waals surface area contributed by atoms with E-state index in [2.05, 4.69) is 9.71 Å². The van der Waals surface area contributed by atoms with Crippen LogP contribution in [0, 0.1) is 0 Å². The number of aryl methyl sites for hydroxylation is 2. The Bertz CT molecular complexity index is 775.